The summed E-state index contributed by atoms with van der Waals surface area (Å²) in [4.78, 5) is 2.45. The molecule has 1 heterocycles. The van der Waals surface area contributed by atoms with Gasteiger partial charge in [0.1, 0.15) is 0 Å². The number of nitrogens with zero attached hydrogens (tertiary/aromatic N) is 1. The summed E-state index contributed by atoms with van der Waals surface area (Å²) in [6, 6.07) is 11.0. The maximum atomic E-state index is 9.96. The fourth-order valence-corrected chi connectivity index (χ4v) is 3.25. The first kappa shape index (κ1) is 11.9. The van der Waals surface area contributed by atoms with Gasteiger partial charge in [-0.1, -0.05) is 36.4 Å². The molecule has 1 aliphatic carbocycles. The summed E-state index contributed by atoms with van der Waals surface area (Å²) in [5.41, 5.74) is 2.81. The number of hydrogen-bond donors (Lipinski definition) is 1. The fourth-order valence-electron chi connectivity index (χ4n) is 3.25. The Morgan fingerprint density at radius 1 is 1.11 bits per heavy atom. The predicted octanol–water partition coefficient (Wildman–Crippen LogP) is 2.69. The molecule has 1 aliphatic heterocycles. The van der Waals surface area contributed by atoms with Gasteiger partial charge in [0.25, 0.3) is 0 Å². The van der Waals surface area contributed by atoms with Crippen molar-refractivity contribution in [1.29, 1.82) is 0 Å². The molecule has 2 aliphatic rings. The van der Waals surface area contributed by atoms with Crippen molar-refractivity contribution in [3.05, 3.63) is 42.0 Å². The minimum absolute atomic E-state index is 0.100. The first-order chi connectivity index (χ1) is 8.84. The zero-order valence-corrected chi connectivity index (χ0v) is 10.8. The van der Waals surface area contributed by atoms with Crippen LogP contribution in [0, 0.1) is 0 Å². The van der Waals surface area contributed by atoms with Gasteiger partial charge < -0.3 is 5.11 Å². The van der Waals surface area contributed by atoms with Crippen molar-refractivity contribution in [1.82, 2.24) is 4.90 Å². The molecule has 18 heavy (non-hydrogen) atoms. The smallest absolute Gasteiger partial charge is 0.0695 e. The van der Waals surface area contributed by atoms with E-state index in [4.69, 9.17) is 0 Å². The predicted molar refractivity (Wildman–Crippen MR) is 74.3 cm³/mol. The van der Waals surface area contributed by atoms with Crippen LogP contribution in [0.25, 0.3) is 5.57 Å². The number of benzene rings is 1. The number of aliphatic hydroxyl groups is 1. The Hall–Kier alpha value is -1.12. The van der Waals surface area contributed by atoms with E-state index in [0.717, 1.165) is 32.4 Å². The Morgan fingerprint density at radius 2 is 1.94 bits per heavy atom. The van der Waals surface area contributed by atoms with Crippen molar-refractivity contribution in [2.24, 2.45) is 0 Å². The molecule has 1 aromatic rings. The topological polar surface area (TPSA) is 23.5 Å². The van der Waals surface area contributed by atoms with Gasteiger partial charge in [-0.05, 0) is 36.8 Å². The highest BCUT2D eigenvalue weighted by molar-refractivity contribution is 5.66. The third kappa shape index (κ3) is 2.36. The maximum absolute atomic E-state index is 9.96. The molecular weight excluding hydrogens is 222 g/mol. The van der Waals surface area contributed by atoms with Crippen LogP contribution in [-0.2, 0) is 0 Å². The van der Waals surface area contributed by atoms with Gasteiger partial charge in [0.15, 0.2) is 0 Å². The highest BCUT2D eigenvalue weighted by atomic mass is 16.3. The highest BCUT2D eigenvalue weighted by Crippen LogP contribution is 2.29. The summed E-state index contributed by atoms with van der Waals surface area (Å²) in [6.45, 7) is 2.08. The van der Waals surface area contributed by atoms with E-state index < -0.39 is 0 Å². The largest absolute Gasteiger partial charge is 0.391 e. The molecule has 96 valence electrons. The molecule has 1 aromatic carbocycles. The third-order valence-electron chi connectivity index (χ3n) is 4.30. The second-order valence-electron chi connectivity index (χ2n) is 5.41. The summed E-state index contributed by atoms with van der Waals surface area (Å²) in [5.74, 6) is 0. The van der Waals surface area contributed by atoms with Crippen LogP contribution in [0.5, 0.6) is 0 Å². The van der Waals surface area contributed by atoms with Crippen LogP contribution < -0.4 is 0 Å². The lowest BCUT2D eigenvalue weighted by Gasteiger charge is -2.33. The molecule has 1 fully saturated rings. The van der Waals surface area contributed by atoms with E-state index in [1.807, 2.05) is 0 Å². The lowest BCUT2D eigenvalue weighted by molar-refractivity contribution is 0.0772. The van der Waals surface area contributed by atoms with Crippen LogP contribution in [0.1, 0.15) is 31.2 Å². The lowest BCUT2D eigenvalue weighted by Crippen LogP contribution is -2.42. The molecule has 0 bridgehead atoms. The van der Waals surface area contributed by atoms with E-state index in [-0.39, 0.29) is 6.10 Å². The molecule has 2 nitrogen and oxygen atoms in total. The summed E-state index contributed by atoms with van der Waals surface area (Å²) in [7, 11) is 0. The zero-order valence-electron chi connectivity index (χ0n) is 10.8. The summed E-state index contributed by atoms with van der Waals surface area (Å²) >= 11 is 0. The molecule has 2 heteroatoms. The Bertz CT molecular complexity index is 426. The van der Waals surface area contributed by atoms with Crippen molar-refractivity contribution in [3.63, 3.8) is 0 Å². The van der Waals surface area contributed by atoms with Crippen LogP contribution in [0.15, 0.2) is 36.4 Å². The second-order valence-corrected chi connectivity index (χ2v) is 5.41. The standard InChI is InChI=1S/C16H21NO/c18-16-8-4-7-15(16)17-11-9-14(10-12-17)13-5-2-1-3-6-13/h1-3,5-6,9,15-16,18H,4,7-8,10-12H2/t15-,16-/m1/s1. The quantitative estimate of drug-likeness (QED) is 0.863. The Kier molecular flexibility index (Phi) is 3.48. The summed E-state index contributed by atoms with van der Waals surface area (Å²) < 4.78 is 0. The van der Waals surface area contributed by atoms with E-state index in [2.05, 4.69) is 41.3 Å². The molecule has 0 radical (unpaired) electrons. The van der Waals surface area contributed by atoms with Crippen molar-refractivity contribution < 1.29 is 5.11 Å². The Morgan fingerprint density at radius 3 is 2.56 bits per heavy atom. The normalized spacial score (nSPS) is 29.3. The van der Waals surface area contributed by atoms with Crippen molar-refractivity contribution in [2.75, 3.05) is 13.1 Å². The molecule has 2 atom stereocenters. The van der Waals surface area contributed by atoms with E-state index in [9.17, 15) is 5.11 Å². The Labute approximate surface area is 109 Å². The van der Waals surface area contributed by atoms with E-state index in [1.54, 1.807) is 0 Å². The van der Waals surface area contributed by atoms with Crippen molar-refractivity contribution >= 4 is 5.57 Å². The van der Waals surface area contributed by atoms with E-state index in [0.29, 0.717) is 6.04 Å². The monoisotopic (exact) mass is 243 g/mol. The minimum Gasteiger partial charge on any atom is -0.391 e. The molecular formula is C16H21NO. The van der Waals surface area contributed by atoms with Gasteiger partial charge >= 0.3 is 0 Å². The number of hydrogen-bond acceptors (Lipinski definition) is 2. The molecule has 0 saturated heterocycles. The van der Waals surface area contributed by atoms with Crippen LogP contribution in [-0.4, -0.2) is 35.2 Å². The van der Waals surface area contributed by atoms with Crippen LogP contribution in [0.2, 0.25) is 0 Å². The second kappa shape index (κ2) is 5.25. The average Bonchev–Trinajstić information content (AvgIpc) is 2.86. The highest BCUT2D eigenvalue weighted by Gasteiger charge is 2.31. The van der Waals surface area contributed by atoms with Gasteiger partial charge in [-0.2, -0.15) is 0 Å². The van der Waals surface area contributed by atoms with Crippen molar-refractivity contribution in [3.8, 4) is 0 Å². The van der Waals surface area contributed by atoms with Crippen LogP contribution in [0.3, 0.4) is 0 Å². The van der Waals surface area contributed by atoms with Gasteiger partial charge in [0.2, 0.25) is 0 Å². The van der Waals surface area contributed by atoms with E-state index >= 15 is 0 Å². The summed E-state index contributed by atoms with van der Waals surface area (Å²) in [5, 5.41) is 9.96. The third-order valence-corrected chi connectivity index (χ3v) is 4.30. The molecule has 1 N–H and O–H groups in total. The van der Waals surface area contributed by atoms with Gasteiger partial charge in [-0.15, -0.1) is 0 Å². The maximum Gasteiger partial charge on any atom is 0.0695 e. The van der Waals surface area contributed by atoms with Gasteiger partial charge in [-0.25, -0.2) is 0 Å². The minimum atomic E-state index is -0.100. The molecule has 0 aromatic heterocycles. The first-order valence-corrected chi connectivity index (χ1v) is 7.01. The van der Waals surface area contributed by atoms with Crippen LogP contribution in [0.4, 0.5) is 0 Å². The number of rotatable bonds is 2. The average molecular weight is 243 g/mol. The SMILES string of the molecule is O[C@@H]1CCC[C@H]1N1CC=C(c2ccccc2)CC1. The van der Waals surface area contributed by atoms with E-state index in [1.165, 1.54) is 17.6 Å². The van der Waals surface area contributed by atoms with Crippen molar-refractivity contribution in [2.45, 2.75) is 37.8 Å². The van der Waals surface area contributed by atoms with Gasteiger partial charge in [0, 0.05) is 19.1 Å². The first-order valence-electron chi connectivity index (χ1n) is 7.01. The molecule has 0 amide bonds. The lowest BCUT2D eigenvalue weighted by atomic mass is 9.98. The molecule has 0 unspecified atom stereocenters. The zero-order chi connectivity index (χ0) is 12.4. The molecule has 1 saturated carbocycles. The molecule has 3 rings (SSSR count). The summed E-state index contributed by atoms with van der Waals surface area (Å²) in [6.07, 6.45) is 6.66. The van der Waals surface area contributed by atoms with Gasteiger partial charge in [-0.3, -0.25) is 4.90 Å². The Balaban J connectivity index is 1.68. The molecule has 0 spiro atoms. The fraction of sp³-hybridized carbons (Fsp3) is 0.500. The van der Waals surface area contributed by atoms with Crippen LogP contribution >= 0.6 is 0 Å². The number of aliphatic hydroxyl groups excluding tert-OH is 1. The van der Waals surface area contributed by atoms with Gasteiger partial charge in [0.05, 0.1) is 6.10 Å².